The van der Waals surface area contributed by atoms with Gasteiger partial charge in [-0.15, -0.1) is 0 Å². The average Bonchev–Trinajstić information content (AvgIpc) is 2.40. The Hall–Kier alpha value is -0.840. The van der Waals surface area contributed by atoms with Crippen molar-refractivity contribution in [3.63, 3.8) is 0 Å². The van der Waals surface area contributed by atoms with E-state index in [1.54, 1.807) is 12.1 Å². The molecule has 0 atom stereocenters. The van der Waals surface area contributed by atoms with Crippen LogP contribution in [0.2, 0.25) is 0 Å². The summed E-state index contributed by atoms with van der Waals surface area (Å²) in [6.07, 6.45) is 2.10. The fourth-order valence-electron chi connectivity index (χ4n) is 1.40. The third kappa shape index (κ3) is 5.21. The summed E-state index contributed by atoms with van der Waals surface area (Å²) in [7, 11) is 0. The Balaban J connectivity index is 2.54. The Labute approximate surface area is 120 Å². The van der Waals surface area contributed by atoms with Crippen molar-refractivity contribution in [2.75, 3.05) is 13.1 Å². The standard InChI is InChI=1S/C14H20N2S2/c1-4-16(5-2)18-15-14(17)12(3)11-13-9-7-6-8-10-13/h6-11H,4-5H2,1-3H3,(H,15,17). The van der Waals surface area contributed by atoms with Crippen LogP contribution in [0.1, 0.15) is 26.3 Å². The highest BCUT2D eigenvalue weighted by Crippen LogP contribution is 2.10. The fourth-order valence-corrected chi connectivity index (χ4v) is 2.21. The highest BCUT2D eigenvalue weighted by molar-refractivity contribution is 7.96. The normalized spacial score (nSPS) is 11.7. The van der Waals surface area contributed by atoms with Gasteiger partial charge in [-0.1, -0.05) is 56.4 Å². The molecule has 0 spiro atoms. The molecule has 0 aliphatic carbocycles. The zero-order chi connectivity index (χ0) is 13.4. The van der Waals surface area contributed by atoms with Gasteiger partial charge >= 0.3 is 0 Å². The number of thiocarbonyl (C=S) groups is 1. The van der Waals surface area contributed by atoms with Crippen molar-refractivity contribution in [3.05, 3.63) is 41.5 Å². The van der Waals surface area contributed by atoms with Crippen molar-refractivity contribution in [3.8, 4) is 0 Å². The number of benzene rings is 1. The van der Waals surface area contributed by atoms with Crippen LogP contribution in [-0.2, 0) is 0 Å². The van der Waals surface area contributed by atoms with Crippen LogP contribution >= 0.6 is 24.4 Å². The molecule has 0 unspecified atom stereocenters. The molecule has 1 aromatic carbocycles. The Morgan fingerprint density at radius 2 is 1.89 bits per heavy atom. The van der Waals surface area contributed by atoms with Crippen molar-refractivity contribution in [2.45, 2.75) is 20.8 Å². The molecule has 0 saturated heterocycles. The van der Waals surface area contributed by atoms with Crippen molar-refractivity contribution in [2.24, 2.45) is 0 Å². The summed E-state index contributed by atoms with van der Waals surface area (Å²) in [5.74, 6) is 0. The van der Waals surface area contributed by atoms with Crippen LogP contribution < -0.4 is 4.72 Å². The van der Waals surface area contributed by atoms with E-state index in [1.807, 2.05) is 25.1 Å². The molecule has 1 rings (SSSR count). The van der Waals surface area contributed by atoms with Crippen LogP contribution in [0.15, 0.2) is 35.9 Å². The molecular weight excluding hydrogens is 260 g/mol. The van der Waals surface area contributed by atoms with Gasteiger partial charge in [0.05, 0.1) is 0 Å². The first-order valence-electron chi connectivity index (χ1n) is 6.13. The molecule has 1 N–H and O–H groups in total. The maximum Gasteiger partial charge on any atom is 0.113 e. The summed E-state index contributed by atoms with van der Waals surface area (Å²) < 4.78 is 5.42. The summed E-state index contributed by atoms with van der Waals surface area (Å²) in [4.78, 5) is 0.788. The van der Waals surface area contributed by atoms with Gasteiger partial charge in [-0.2, -0.15) is 0 Å². The van der Waals surface area contributed by atoms with Crippen molar-refractivity contribution in [1.82, 2.24) is 9.03 Å². The molecule has 0 saturated carbocycles. The molecule has 18 heavy (non-hydrogen) atoms. The first-order chi connectivity index (χ1) is 8.67. The summed E-state index contributed by atoms with van der Waals surface area (Å²) in [6.45, 7) is 8.30. The van der Waals surface area contributed by atoms with Gasteiger partial charge < -0.3 is 4.72 Å². The first-order valence-corrected chi connectivity index (χ1v) is 7.31. The highest BCUT2D eigenvalue weighted by atomic mass is 32.2. The van der Waals surface area contributed by atoms with Crippen LogP contribution in [0.3, 0.4) is 0 Å². The quantitative estimate of drug-likeness (QED) is 0.482. The molecular formula is C14H20N2S2. The second-order valence-corrected chi connectivity index (χ2v) is 5.19. The molecule has 0 aliphatic heterocycles. The van der Waals surface area contributed by atoms with E-state index in [4.69, 9.17) is 12.2 Å². The first kappa shape index (κ1) is 15.2. The zero-order valence-corrected chi connectivity index (χ0v) is 12.8. The summed E-state index contributed by atoms with van der Waals surface area (Å²) >= 11 is 6.93. The monoisotopic (exact) mass is 280 g/mol. The Kier molecular flexibility index (Phi) is 7.01. The third-order valence-electron chi connectivity index (χ3n) is 2.51. The topological polar surface area (TPSA) is 15.3 Å². The minimum Gasteiger partial charge on any atom is -0.307 e. The fraction of sp³-hybridized carbons (Fsp3) is 0.357. The molecule has 0 aliphatic rings. The number of nitrogens with one attached hydrogen (secondary N) is 1. The second-order valence-electron chi connectivity index (χ2n) is 3.87. The van der Waals surface area contributed by atoms with E-state index >= 15 is 0 Å². The van der Waals surface area contributed by atoms with Crippen molar-refractivity contribution < 1.29 is 0 Å². The van der Waals surface area contributed by atoms with Gasteiger partial charge in [-0.05, 0) is 24.1 Å². The van der Waals surface area contributed by atoms with Crippen LogP contribution in [0.25, 0.3) is 6.08 Å². The average molecular weight is 280 g/mol. The highest BCUT2D eigenvalue weighted by Gasteiger charge is 2.03. The van der Waals surface area contributed by atoms with Gasteiger partial charge in [0.25, 0.3) is 0 Å². The van der Waals surface area contributed by atoms with Gasteiger partial charge in [0.1, 0.15) is 4.99 Å². The Morgan fingerprint density at radius 1 is 1.28 bits per heavy atom. The van der Waals surface area contributed by atoms with E-state index in [-0.39, 0.29) is 0 Å². The predicted molar refractivity (Wildman–Crippen MR) is 86.3 cm³/mol. The zero-order valence-electron chi connectivity index (χ0n) is 11.1. The van der Waals surface area contributed by atoms with Crippen LogP contribution in [0, 0.1) is 0 Å². The van der Waals surface area contributed by atoms with Crippen LogP contribution in [0.5, 0.6) is 0 Å². The van der Waals surface area contributed by atoms with E-state index in [9.17, 15) is 0 Å². The lowest BCUT2D eigenvalue weighted by Crippen LogP contribution is -2.24. The smallest absolute Gasteiger partial charge is 0.113 e. The Bertz CT molecular complexity index is 398. The Morgan fingerprint density at radius 3 is 2.44 bits per heavy atom. The van der Waals surface area contributed by atoms with E-state index in [0.717, 1.165) is 23.7 Å². The third-order valence-corrected chi connectivity index (χ3v) is 4.14. The lowest BCUT2D eigenvalue weighted by molar-refractivity contribution is 0.523. The number of nitrogens with zero attached hydrogens (tertiary/aromatic N) is 1. The molecule has 0 radical (unpaired) electrons. The second kappa shape index (κ2) is 8.29. The van der Waals surface area contributed by atoms with Gasteiger partial charge in [-0.3, -0.25) is 0 Å². The number of rotatable bonds is 6. The van der Waals surface area contributed by atoms with Crippen molar-refractivity contribution in [1.29, 1.82) is 0 Å². The summed E-state index contributed by atoms with van der Waals surface area (Å²) in [6, 6.07) is 10.2. The van der Waals surface area contributed by atoms with E-state index in [1.165, 1.54) is 5.56 Å². The number of hydrogen-bond donors (Lipinski definition) is 1. The molecule has 0 aromatic heterocycles. The van der Waals surface area contributed by atoms with E-state index < -0.39 is 0 Å². The van der Waals surface area contributed by atoms with Crippen LogP contribution in [-0.4, -0.2) is 22.4 Å². The number of hydrogen-bond acceptors (Lipinski definition) is 3. The van der Waals surface area contributed by atoms with Gasteiger partial charge in [0.2, 0.25) is 0 Å². The maximum atomic E-state index is 5.36. The molecule has 4 heteroatoms. The lowest BCUT2D eigenvalue weighted by Gasteiger charge is -2.17. The van der Waals surface area contributed by atoms with Gasteiger partial charge in [0, 0.05) is 25.2 Å². The molecule has 0 amide bonds. The molecule has 0 heterocycles. The molecule has 2 nitrogen and oxygen atoms in total. The lowest BCUT2D eigenvalue weighted by atomic mass is 10.1. The minimum absolute atomic E-state index is 0.788. The van der Waals surface area contributed by atoms with Gasteiger partial charge in [-0.25, -0.2) is 4.31 Å². The molecule has 98 valence electrons. The summed E-state index contributed by atoms with van der Waals surface area (Å²) in [5, 5.41) is 0. The molecule has 1 aromatic rings. The largest absolute Gasteiger partial charge is 0.307 e. The minimum atomic E-state index is 0.788. The van der Waals surface area contributed by atoms with Crippen LogP contribution in [0.4, 0.5) is 0 Å². The SMILES string of the molecule is CCN(CC)SNC(=S)C(C)=Cc1ccccc1. The van der Waals surface area contributed by atoms with E-state index in [2.05, 4.69) is 41.1 Å². The predicted octanol–water partition coefficient (Wildman–Crippen LogP) is 3.91. The van der Waals surface area contributed by atoms with Crippen molar-refractivity contribution >= 4 is 35.4 Å². The summed E-state index contributed by atoms with van der Waals surface area (Å²) in [5.41, 5.74) is 2.25. The van der Waals surface area contributed by atoms with Gasteiger partial charge in [0.15, 0.2) is 0 Å². The van der Waals surface area contributed by atoms with E-state index in [0.29, 0.717) is 0 Å². The maximum absolute atomic E-state index is 5.36. The molecule has 0 bridgehead atoms. The molecule has 0 fully saturated rings.